The minimum atomic E-state index is -3.59. The summed E-state index contributed by atoms with van der Waals surface area (Å²) in [5.74, 6) is 0.321. The maximum atomic E-state index is 11.9. The van der Waals surface area contributed by atoms with Crippen LogP contribution in [0.25, 0.3) is 0 Å². The van der Waals surface area contributed by atoms with Gasteiger partial charge in [0.2, 0.25) is 10.0 Å². The highest BCUT2D eigenvalue weighted by molar-refractivity contribution is 7.89. The number of carboxylic acids is 1. The standard InChI is InChI=1S/C21H34N2O5S/c1-2-15-29(26,27)23-20(21(24)25)16-18-6-8-19(9-7-18)28-14-4-3-5-17-10-12-22-13-11-17/h6-9,17,20,22-23H,2-5,10-16H2,1H3,(H,24,25)/t20-/m0/s1. The molecule has 1 aromatic carbocycles. The maximum Gasteiger partial charge on any atom is 0.322 e. The highest BCUT2D eigenvalue weighted by Crippen LogP contribution is 2.19. The smallest absolute Gasteiger partial charge is 0.322 e. The monoisotopic (exact) mass is 426 g/mol. The minimum Gasteiger partial charge on any atom is -0.494 e. The Morgan fingerprint density at radius 3 is 2.55 bits per heavy atom. The summed E-state index contributed by atoms with van der Waals surface area (Å²) in [6.45, 7) is 4.67. The summed E-state index contributed by atoms with van der Waals surface area (Å²) in [6.07, 6.45) is 6.52. The third-order valence-electron chi connectivity index (χ3n) is 5.19. The molecule has 1 atom stereocenters. The third-order valence-corrected chi connectivity index (χ3v) is 6.78. The molecule has 0 aromatic heterocycles. The molecule has 0 amide bonds. The lowest BCUT2D eigenvalue weighted by atomic mass is 9.93. The molecule has 0 bridgehead atoms. The first-order valence-corrected chi connectivity index (χ1v) is 12.2. The van der Waals surface area contributed by atoms with Gasteiger partial charge in [0.15, 0.2) is 0 Å². The molecule has 0 unspecified atom stereocenters. The molecule has 0 radical (unpaired) electrons. The van der Waals surface area contributed by atoms with E-state index >= 15 is 0 Å². The molecule has 1 saturated heterocycles. The van der Waals surface area contributed by atoms with Crippen molar-refractivity contribution in [3.05, 3.63) is 29.8 Å². The molecule has 1 aliphatic heterocycles. The van der Waals surface area contributed by atoms with E-state index in [0.717, 1.165) is 36.7 Å². The molecule has 8 heteroatoms. The predicted octanol–water partition coefficient (Wildman–Crippen LogP) is 2.56. The molecule has 1 heterocycles. The molecule has 7 nitrogen and oxygen atoms in total. The highest BCUT2D eigenvalue weighted by Gasteiger charge is 2.23. The number of aliphatic carboxylic acids is 1. The van der Waals surface area contributed by atoms with Gasteiger partial charge in [-0.3, -0.25) is 4.79 Å². The number of ether oxygens (including phenoxy) is 1. The Morgan fingerprint density at radius 2 is 1.93 bits per heavy atom. The lowest BCUT2D eigenvalue weighted by molar-refractivity contribution is -0.138. The van der Waals surface area contributed by atoms with Gasteiger partial charge in [0.25, 0.3) is 0 Å². The summed E-state index contributed by atoms with van der Waals surface area (Å²) in [6, 6.07) is 6.01. The fourth-order valence-electron chi connectivity index (χ4n) is 3.58. The Kier molecular flexibility index (Phi) is 9.90. The first-order chi connectivity index (χ1) is 13.9. The number of carbonyl (C=O) groups is 1. The van der Waals surface area contributed by atoms with Crippen LogP contribution in [0, 0.1) is 5.92 Å². The van der Waals surface area contributed by atoms with Crippen LogP contribution in [0.15, 0.2) is 24.3 Å². The van der Waals surface area contributed by atoms with Crippen molar-refractivity contribution in [2.24, 2.45) is 5.92 Å². The van der Waals surface area contributed by atoms with Gasteiger partial charge in [0, 0.05) is 0 Å². The van der Waals surface area contributed by atoms with Crippen LogP contribution in [0.3, 0.4) is 0 Å². The van der Waals surface area contributed by atoms with E-state index in [-0.39, 0.29) is 12.2 Å². The SMILES string of the molecule is CCCS(=O)(=O)N[C@@H](Cc1ccc(OCCCCC2CCNCC2)cc1)C(=O)O. The van der Waals surface area contributed by atoms with Gasteiger partial charge >= 0.3 is 5.97 Å². The number of carboxylic acid groups (broad SMARTS) is 1. The van der Waals surface area contributed by atoms with Gasteiger partial charge < -0.3 is 15.2 Å². The summed E-state index contributed by atoms with van der Waals surface area (Å²) in [5, 5.41) is 12.7. The number of hydrogen-bond acceptors (Lipinski definition) is 5. The zero-order valence-electron chi connectivity index (χ0n) is 17.2. The number of nitrogens with one attached hydrogen (secondary N) is 2. The first kappa shape index (κ1) is 23.6. The molecule has 0 saturated carbocycles. The molecular formula is C21H34N2O5S. The van der Waals surface area contributed by atoms with Crippen LogP contribution in [0.4, 0.5) is 0 Å². The second-order valence-electron chi connectivity index (χ2n) is 7.71. The number of rotatable bonds is 13. The largest absolute Gasteiger partial charge is 0.494 e. The number of piperidine rings is 1. The molecule has 0 spiro atoms. The van der Waals surface area contributed by atoms with Crippen LogP contribution in [0.1, 0.15) is 51.0 Å². The second-order valence-corrected chi connectivity index (χ2v) is 9.59. The summed E-state index contributed by atoms with van der Waals surface area (Å²) >= 11 is 0. The van der Waals surface area contributed by atoms with Gasteiger partial charge in [-0.15, -0.1) is 0 Å². The first-order valence-electron chi connectivity index (χ1n) is 10.5. The van der Waals surface area contributed by atoms with Crippen molar-refractivity contribution in [2.45, 2.75) is 57.9 Å². The number of sulfonamides is 1. The van der Waals surface area contributed by atoms with Crippen molar-refractivity contribution >= 4 is 16.0 Å². The zero-order chi connectivity index (χ0) is 21.1. The van der Waals surface area contributed by atoms with Crippen molar-refractivity contribution in [1.82, 2.24) is 10.0 Å². The van der Waals surface area contributed by atoms with Crippen molar-refractivity contribution in [3.63, 3.8) is 0 Å². The highest BCUT2D eigenvalue weighted by atomic mass is 32.2. The molecule has 1 aliphatic rings. The van der Waals surface area contributed by atoms with Gasteiger partial charge in [-0.05, 0) is 75.2 Å². The van der Waals surface area contributed by atoms with E-state index in [2.05, 4.69) is 10.0 Å². The lowest BCUT2D eigenvalue weighted by Gasteiger charge is -2.22. The van der Waals surface area contributed by atoms with Gasteiger partial charge in [-0.2, -0.15) is 0 Å². The second kappa shape index (κ2) is 12.1. The average Bonchev–Trinajstić information content (AvgIpc) is 2.69. The Morgan fingerprint density at radius 1 is 1.24 bits per heavy atom. The van der Waals surface area contributed by atoms with Crippen molar-refractivity contribution in [3.8, 4) is 5.75 Å². The van der Waals surface area contributed by atoms with E-state index in [1.807, 2.05) is 12.1 Å². The quantitative estimate of drug-likeness (QED) is 0.419. The Balaban J connectivity index is 1.74. The number of hydrogen-bond donors (Lipinski definition) is 3. The molecule has 3 N–H and O–H groups in total. The number of unbranched alkanes of at least 4 members (excludes halogenated alkanes) is 1. The zero-order valence-corrected chi connectivity index (χ0v) is 18.0. The van der Waals surface area contributed by atoms with E-state index in [9.17, 15) is 18.3 Å². The van der Waals surface area contributed by atoms with Crippen LogP contribution >= 0.6 is 0 Å². The average molecular weight is 427 g/mol. The number of benzene rings is 1. The van der Waals surface area contributed by atoms with Crippen molar-refractivity contribution in [1.29, 1.82) is 0 Å². The van der Waals surface area contributed by atoms with Crippen LogP contribution in [0.2, 0.25) is 0 Å². The fraction of sp³-hybridized carbons (Fsp3) is 0.667. The molecule has 1 aromatic rings. The summed E-state index contributed by atoms with van der Waals surface area (Å²) in [5.41, 5.74) is 0.745. The Labute approximate surface area is 174 Å². The van der Waals surface area contributed by atoms with Crippen LogP contribution in [0.5, 0.6) is 5.75 Å². The fourth-order valence-corrected chi connectivity index (χ4v) is 4.85. The van der Waals surface area contributed by atoms with Crippen LogP contribution < -0.4 is 14.8 Å². The molecule has 1 fully saturated rings. The molecule has 164 valence electrons. The van der Waals surface area contributed by atoms with Crippen molar-refractivity contribution in [2.75, 3.05) is 25.4 Å². The molecule has 29 heavy (non-hydrogen) atoms. The topological polar surface area (TPSA) is 105 Å². The minimum absolute atomic E-state index is 0.0821. The van der Waals surface area contributed by atoms with Gasteiger partial charge in [0.1, 0.15) is 11.8 Å². The van der Waals surface area contributed by atoms with Crippen molar-refractivity contribution < 1.29 is 23.1 Å². The van der Waals surface area contributed by atoms with E-state index in [1.54, 1.807) is 19.1 Å². The Bertz CT molecular complexity index is 715. The summed E-state index contributed by atoms with van der Waals surface area (Å²) < 4.78 is 31.8. The Hall–Kier alpha value is -1.64. The lowest BCUT2D eigenvalue weighted by Crippen LogP contribution is -2.43. The van der Waals surface area contributed by atoms with E-state index in [1.165, 1.54) is 25.7 Å². The molecule has 2 rings (SSSR count). The van der Waals surface area contributed by atoms with E-state index in [0.29, 0.717) is 13.0 Å². The van der Waals surface area contributed by atoms with Gasteiger partial charge in [0.05, 0.1) is 12.4 Å². The van der Waals surface area contributed by atoms with Crippen LogP contribution in [-0.2, 0) is 21.2 Å². The molecular weight excluding hydrogens is 392 g/mol. The molecule has 0 aliphatic carbocycles. The normalized spacial score (nSPS) is 16.4. The van der Waals surface area contributed by atoms with Crippen LogP contribution in [-0.4, -0.2) is 51.0 Å². The maximum absolute atomic E-state index is 11.9. The predicted molar refractivity (Wildman–Crippen MR) is 114 cm³/mol. The third kappa shape index (κ3) is 9.14. The van der Waals surface area contributed by atoms with E-state index < -0.39 is 22.0 Å². The summed E-state index contributed by atoms with van der Waals surface area (Å²) in [4.78, 5) is 11.4. The van der Waals surface area contributed by atoms with Gasteiger partial charge in [-0.1, -0.05) is 25.5 Å². The summed E-state index contributed by atoms with van der Waals surface area (Å²) in [7, 11) is -3.59. The van der Waals surface area contributed by atoms with Gasteiger partial charge in [-0.25, -0.2) is 13.1 Å². The van der Waals surface area contributed by atoms with E-state index in [4.69, 9.17) is 4.74 Å².